The zero-order chi connectivity index (χ0) is 25.5. The van der Waals surface area contributed by atoms with Crippen LogP contribution < -0.4 is 0 Å². The largest absolute Gasteiger partial charge is 0.373 e. The lowest BCUT2D eigenvalue weighted by atomic mass is 9.91. The maximum Gasteiger partial charge on any atom is 0.166 e. The number of ether oxygens (including phenoxy) is 1. The molecule has 0 radical (unpaired) electrons. The van der Waals surface area contributed by atoms with Gasteiger partial charge in [-0.3, -0.25) is 0 Å². The first-order valence-corrected chi connectivity index (χ1v) is 13.5. The third-order valence-corrected chi connectivity index (χ3v) is 7.40. The molecule has 2 atom stereocenters. The van der Waals surface area contributed by atoms with E-state index >= 15 is 4.39 Å². The van der Waals surface area contributed by atoms with E-state index in [0.29, 0.717) is 34.6 Å². The Hall–Kier alpha value is -2.59. The molecule has 0 amide bonds. The topological polar surface area (TPSA) is 9.23 Å². The van der Waals surface area contributed by atoms with Crippen LogP contribution in [-0.2, 0) is 11.2 Å². The zero-order valence-electron chi connectivity index (χ0n) is 21.5. The van der Waals surface area contributed by atoms with Crippen LogP contribution >= 0.6 is 0 Å². The average molecular weight is 495 g/mol. The van der Waals surface area contributed by atoms with Gasteiger partial charge in [-0.1, -0.05) is 88.1 Å². The second-order valence-corrected chi connectivity index (χ2v) is 10.1. The van der Waals surface area contributed by atoms with Gasteiger partial charge in [-0.25, -0.2) is 13.2 Å². The van der Waals surface area contributed by atoms with Crippen molar-refractivity contribution < 1.29 is 17.9 Å². The Bertz CT molecular complexity index is 1130. The van der Waals surface area contributed by atoms with Crippen LogP contribution in [0, 0.1) is 23.4 Å². The molecule has 0 spiro atoms. The number of unbranched alkanes of at least 4 members (excludes halogenated alkanes) is 3. The summed E-state index contributed by atoms with van der Waals surface area (Å²) >= 11 is 0. The van der Waals surface area contributed by atoms with E-state index in [-0.39, 0.29) is 17.5 Å². The van der Waals surface area contributed by atoms with E-state index < -0.39 is 11.6 Å². The minimum atomic E-state index is -0.820. The quantitative estimate of drug-likeness (QED) is 0.255. The third-order valence-electron chi connectivity index (χ3n) is 7.40. The maximum absolute atomic E-state index is 15.1. The molecule has 1 fully saturated rings. The van der Waals surface area contributed by atoms with Gasteiger partial charge in [0.2, 0.25) is 0 Å². The number of halogens is 3. The van der Waals surface area contributed by atoms with Crippen LogP contribution in [0.15, 0.2) is 54.6 Å². The predicted octanol–water partition coefficient (Wildman–Crippen LogP) is 9.83. The van der Waals surface area contributed by atoms with Gasteiger partial charge >= 0.3 is 0 Å². The molecule has 2 unspecified atom stereocenters. The summed E-state index contributed by atoms with van der Waals surface area (Å²) in [5.74, 6) is -1.28. The van der Waals surface area contributed by atoms with Crippen molar-refractivity contribution >= 4 is 0 Å². The van der Waals surface area contributed by atoms with Crippen molar-refractivity contribution in [2.24, 2.45) is 5.92 Å². The van der Waals surface area contributed by atoms with E-state index in [1.807, 2.05) is 6.07 Å². The van der Waals surface area contributed by atoms with E-state index in [9.17, 15) is 8.78 Å². The Labute approximate surface area is 213 Å². The summed E-state index contributed by atoms with van der Waals surface area (Å²) < 4.78 is 50.6. The van der Waals surface area contributed by atoms with E-state index in [2.05, 4.69) is 13.8 Å². The van der Waals surface area contributed by atoms with Gasteiger partial charge in [0.25, 0.3) is 0 Å². The van der Waals surface area contributed by atoms with Crippen molar-refractivity contribution in [3.8, 4) is 22.3 Å². The van der Waals surface area contributed by atoms with Crippen LogP contribution in [0.2, 0.25) is 0 Å². The van der Waals surface area contributed by atoms with Gasteiger partial charge in [0, 0.05) is 11.1 Å². The molecule has 1 aliphatic heterocycles. The summed E-state index contributed by atoms with van der Waals surface area (Å²) in [5, 5.41) is 0. The van der Waals surface area contributed by atoms with Crippen molar-refractivity contribution in [3.63, 3.8) is 0 Å². The lowest BCUT2D eigenvalue weighted by Crippen LogP contribution is -2.20. The summed E-state index contributed by atoms with van der Waals surface area (Å²) in [4.78, 5) is 0. The Balaban J connectivity index is 1.45. The molecular weight excluding hydrogens is 457 g/mol. The van der Waals surface area contributed by atoms with Crippen molar-refractivity contribution in [2.45, 2.75) is 77.7 Å². The zero-order valence-corrected chi connectivity index (χ0v) is 21.5. The summed E-state index contributed by atoms with van der Waals surface area (Å²) in [7, 11) is 0. The normalized spacial score (nSPS) is 17.9. The molecule has 1 saturated heterocycles. The molecule has 3 aromatic carbocycles. The fraction of sp³-hybridized carbons (Fsp3) is 0.438. The molecule has 0 N–H and O–H groups in total. The second-order valence-electron chi connectivity index (χ2n) is 10.1. The molecule has 3 aromatic rings. The van der Waals surface area contributed by atoms with E-state index in [1.54, 1.807) is 48.5 Å². The summed E-state index contributed by atoms with van der Waals surface area (Å²) in [6.07, 6.45) is 8.93. The third kappa shape index (κ3) is 6.21. The van der Waals surface area contributed by atoms with Crippen LogP contribution in [-0.4, -0.2) is 6.61 Å². The molecule has 4 rings (SSSR count). The Kier molecular flexibility index (Phi) is 9.25. The highest BCUT2D eigenvalue weighted by Crippen LogP contribution is 2.35. The molecular formula is C32H37F3O. The van der Waals surface area contributed by atoms with Gasteiger partial charge in [-0.2, -0.15) is 0 Å². The Morgan fingerprint density at radius 1 is 0.750 bits per heavy atom. The van der Waals surface area contributed by atoms with E-state index in [4.69, 9.17) is 4.74 Å². The number of aryl methyl sites for hydroxylation is 1. The van der Waals surface area contributed by atoms with Gasteiger partial charge in [0.1, 0.15) is 5.82 Å². The number of benzene rings is 3. The summed E-state index contributed by atoms with van der Waals surface area (Å²) in [6.45, 7) is 5.05. The number of hydrogen-bond acceptors (Lipinski definition) is 1. The highest BCUT2D eigenvalue weighted by atomic mass is 19.2. The first kappa shape index (κ1) is 26.5. The molecule has 1 aliphatic rings. The molecule has 1 nitrogen and oxygen atoms in total. The van der Waals surface area contributed by atoms with Crippen molar-refractivity contribution in [3.05, 3.63) is 83.2 Å². The van der Waals surface area contributed by atoms with Gasteiger partial charge in [0.15, 0.2) is 11.6 Å². The van der Waals surface area contributed by atoms with Crippen LogP contribution in [0.25, 0.3) is 22.3 Å². The van der Waals surface area contributed by atoms with Crippen molar-refractivity contribution in [1.82, 2.24) is 0 Å². The summed E-state index contributed by atoms with van der Waals surface area (Å²) in [5.41, 5.74) is 3.27. The lowest BCUT2D eigenvalue weighted by molar-refractivity contribution is -0.0195. The molecule has 36 heavy (non-hydrogen) atoms. The predicted molar refractivity (Wildman–Crippen MR) is 141 cm³/mol. The molecule has 1 heterocycles. The van der Waals surface area contributed by atoms with E-state index in [0.717, 1.165) is 57.1 Å². The van der Waals surface area contributed by atoms with Crippen molar-refractivity contribution in [2.75, 3.05) is 6.61 Å². The monoisotopic (exact) mass is 494 g/mol. The smallest absolute Gasteiger partial charge is 0.166 e. The second kappa shape index (κ2) is 12.6. The molecule has 4 heteroatoms. The van der Waals surface area contributed by atoms with Gasteiger partial charge in [0.05, 0.1) is 12.7 Å². The Morgan fingerprint density at radius 2 is 1.47 bits per heavy atom. The van der Waals surface area contributed by atoms with Gasteiger partial charge in [-0.15, -0.1) is 0 Å². The fourth-order valence-corrected chi connectivity index (χ4v) is 5.25. The molecule has 0 aromatic heterocycles. The summed E-state index contributed by atoms with van der Waals surface area (Å²) in [6, 6.07) is 15.6. The van der Waals surface area contributed by atoms with Crippen molar-refractivity contribution in [1.29, 1.82) is 0 Å². The van der Waals surface area contributed by atoms with Crippen LogP contribution in [0.1, 0.15) is 82.4 Å². The molecule has 192 valence electrons. The first-order valence-electron chi connectivity index (χ1n) is 13.5. The van der Waals surface area contributed by atoms with E-state index in [1.165, 1.54) is 6.42 Å². The lowest BCUT2D eigenvalue weighted by Gasteiger charge is -2.29. The van der Waals surface area contributed by atoms with Gasteiger partial charge in [-0.05, 0) is 66.3 Å². The molecule has 0 aliphatic carbocycles. The van der Waals surface area contributed by atoms with Crippen LogP contribution in [0.3, 0.4) is 0 Å². The minimum absolute atomic E-state index is 0.0588. The molecule has 0 saturated carbocycles. The first-order chi connectivity index (χ1) is 17.5. The maximum atomic E-state index is 15.1. The minimum Gasteiger partial charge on any atom is -0.373 e. The average Bonchev–Trinajstić information content (AvgIpc) is 2.90. The number of hydrogen-bond donors (Lipinski definition) is 0. The highest BCUT2D eigenvalue weighted by molar-refractivity contribution is 5.71. The van der Waals surface area contributed by atoms with Crippen LogP contribution in [0.4, 0.5) is 13.2 Å². The van der Waals surface area contributed by atoms with Crippen LogP contribution in [0.5, 0.6) is 0 Å². The Morgan fingerprint density at radius 3 is 2.11 bits per heavy atom. The SMILES string of the molecule is CCCCCCc1ccc(-c2ccc(-c3ccc(C4CCC(CCC)CO4)cc3F)cc2)c(F)c1F. The molecule has 0 bridgehead atoms. The van der Waals surface area contributed by atoms with Gasteiger partial charge < -0.3 is 4.74 Å². The fourth-order valence-electron chi connectivity index (χ4n) is 5.25. The highest BCUT2D eigenvalue weighted by Gasteiger charge is 2.23. The number of rotatable bonds is 10. The standard InChI is InChI=1S/C32H37F3O/c1-3-5-6-7-9-25-15-18-28(32(35)31(25)34)24-13-11-23(12-14-24)27-17-16-26(20-29(27)33)30-19-10-22(8-4-2)21-36-30/h11-18,20,22,30H,3-10,19,21H2,1-2H3.